The minimum atomic E-state index is 0.0396. The van der Waals surface area contributed by atoms with Gasteiger partial charge < -0.3 is 14.5 Å². The summed E-state index contributed by atoms with van der Waals surface area (Å²) in [6.45, 7) is 8.68. The van der Waals surface area contributed by atoms with Crippen LogP contribution in [-0.4, -0.2) is 70.9 Å². The number of likely N-dealkylation sites (tertiary alicyclic amines) is 1. The van der Waals surface area contributed by atoms with Crippen molar-refractivity contribution in [2.45, 2.75) is 51.7 Å². The number of piperidine rings is 1. The van der Waals surface area contributed by atoms with E-state index < -0.39 is 0 Å². The average Bonchev–Trinajstić information content (AvgIpc) is 3.01. The van der Waals surface area contributed by atoms with E-state index in [1.54, 1.807) is 6.20 Å². The quantitative estimate of drug-likeness (QED) is 0.789. The molecule has 0 aliphatic carbocycles. The van der Waals surface area contributed by atoms with Gasteiger partial charge in [-0.1, -0.05) is 6.92 Å². The van der Waals surface area contributed by atoms with E-state index in [2.05, 4.69) is 16.9 Å². The Balaban J connectivity index is 1.47. The Bertz CT molecular complexity index is 512. The van der Waals surface area contributed by atoms with Gasteiger partial charge in [-0.15, -0.1) is 0 Å². The monoisotopic (exact) mass is 348 g/mol. The summed E-state index contributed by atoms with van der Waals surface area (Å²) in [6, 6.07) is 1.92. The SMILES string of the molecule is CCCN1CCC(CC(=O)N2CCCOC(Cn3cccn3)C2)CC1. The summed E-state index contributed by atoms with van der Waals surface area (Å²) < 4.78 is 7.82. The lowest BCUT2D eigenvalue weighted by Gasteiger charge is -2.32. The molecule has 1 aromatic heterocycles. The van der Waals surface area contributed by atoms with Crippen molar-refractivity contribution in [3.8, 4) is 0 Å². The van der Waals surface area contributed by atoms with Gasteiger partial charge in [-0.05, 0) is 57.3 Å². The standard InChI is InChI=1S/C19H32N4O2/c1-2-8-21-11-5-17(6-12-21)14-19(24)22-9-4-13-25-18(15-22)16-23-10-3-7-20-23/h3,7,10,17-18H,2,4-6,8-9,11-16H2,1H3. The van der Waals surface area contributed by atoms with E-state index in [4.69, 9.17) is 4.74 Å². The van der Waals surface area contributed by atoms with Crippen molar-refractivity contribution in [3.63, 3.8) is 0 Å². The zero-order valence-electron chi connectivity index (χ0n) is 15.5. The van der Waals surface area contributed by atoms with Gasteiger partial charge >= 0.3 is 0 Å². The van der Waals surface area contributed by atoms with Crippen LogP contribution in [0.1, 0.15) is 39.0 Å². The molecule has 6 nitrogen and oxygen atoms in total. The predicted molar refractivity (Wildman–Crippen MR) is 97.2 cm³/mol. The van der Waals surface area contributed by atoms with Gasteiger partial charge in [0, 0.05) is 38.5 Å². The first kappa shape index (κ1) is 18.4. The van der Waals surface area contributed by atoms with Gasteiger partial charge in [0.05, 0.1) is 12.6 Å². The van der Waals surface area contributed by atoms with Crippen molar-refractivity contribution in [1.29, 1.82) is 0 Å². The summed E-state index contributed by atoms with van der Waals surface area (Å²) in [4.78, 5) is 17.4. The number of aromatic nitrogens is 2. The molecule has 1 aromatic rings. The Kier molecular flexibility index (Phi) is 6.87. The number of nitrogens with zero attached hydrogens (tertiary/aromatic N) is 4. The van der Waals surface area contributed by atoms with Gasteiger partial charge in [-0.3, -0.25) is 9.48 Å². The zero-order valence-corrected chi connectivity index (χ0v) is 15.5. The molecule has 1 unspecified atom stereocenters. The topological polar surface area (TPSA) is 50.6 Å². The molecule has 140 valence electrons. The second kappa shape index (κ2) is 9.34. The highest BCUT2D eigenvalue weighted by molar-refractivity contribution is 5.76. The van der Waals surface area contributed by atoms with Gasteiger partial charge in [-0.25, -0.2) is 0 Å². The van der Waals surface area contributed by atoms with E-state index in [0.717, 1.165) is 45.5 Å². The molecule has 25 heavy (non-hydrogen) atoms. The van der Waals surface area contributed by atoms with Gasteiger partial charge in [0.2, 0.25) is 5.91 Å². The third kappa shape index (κ3) is 5.54. The molecule has 0 saturated carbocycles. The molecule has 6 heteroatoms. The Labute approximate surface area is 151 Å². The number of carbonyl (C=O) groups is 1. The van der Waals surface area contributed by atoms with Crippen LogP contribution in [-0.2, 0) is 16.1 Å². The van der Waals surface area contributed by atoms with Crippen LogP contribution < -0.4 is 0 Å². The highest BCUT2D eigenvalue weighted by atomic mass is 16.5. The van der Waals surface area contributed by atoms with Gasteiger partial charge in [0.25, 0.3) is 0 Å². The van der Waals surface area contributed by atoms with Crippen LogP contribution in [0.2, 0.25) is 0 Å². The maximum atomic E-state index is 12.8. The average molecular weight is 348 g/mol. The lowest BCUT2D eigenvalue weighted by atomic mass is 9.93. The second-order valence-corrected chi connectivity index (χ2v) is 7.40. The summed E-state index contributed by atoms with van der Waals surface area (Å²) in [5.74, 6) is 0.860. The molecule has 0 bridgehead atoms. The minimum absolute atomic E-state index is 0.0396. The van der Waals surface area contributed by atoms with Crippen molar-refractivity contribution in [1.82, 2.24) is 19.6 Å². The lowest BCUT2D eigenvalue weighted by molar-refractivity contribution is -0.133. The summed E-state index contributed by atoms with van der Waals surface area (Å²) in [5.41, 5.74) is 0. The zero-order chi connectivity index (χ0) is 17.5. The first-order valence-electron chi connectivity index (χ1n) is 9.83. The van der Waals surface area contributed by atoms with E-state index in [-0.39, 0.29) is 6.10 Å². The lowest BCUT2D eigenvalue weighted by Crippen LogP contribution is -2.41. The molecular formula is C19H32N4O2. The molecule has 1 atom stereocenters. The van der Waals surface area contributed by atoms with Crippen molar-refractivity contribution in [3.05, 3.63) is 18.5 Å². The maximum absolute atomic E-state index is 12.8. The molecule has 0 spiro atoms. The van der Waals surface area contributed by atoms with Gasteiger partial charge in [-0.2, -0.15) is 5.10 Å². The number of ether oxygens (including phenoxy) is 1. The fraction of sp³-hybridized carbons (Fsp3) is 0.789. The maximum Gasteiger partial charge on any atom is 0.222 e. The fourth-order valence-electron chi connectivity index (χ4n) is 3.96. The normalized spacial score (nSPS) is 23.6. The summed E-state index contributed by atoms with van der Waals surface area (Å²) in [7, 11) is 0. The predicted octanol–water partition coefficient (Wildman–Crippen LogP) is 2.01. The van der Waals surface area contributed by atoms with E-state index in [9.17, 15) is 4.79 Å². The molecule has 3 rings (SSSR count). The third-order valence-electron chi connectivity index (χ3n) is 5.36. The number of carbonyl (C=O) groups excluding carboxylic acids is 1. The van der Waals surface area contributed by atoms with E-state index >= 15 is 0 Å². The van der Waals surface area contributed by atoms with Crippen LogP contribution in [0.25, 0.3) is 0 Å². The first-order chi connectivity index (χ1) is 12.2. The highest BCUT2D eigenvalue weighted by Gasteiger charge is 2.26. The van der Waals surface area contributed by atoms with Crippen LogP contribution in [0.4, 0.5) is 0 Å². The molecule has 3 heterocycles. The number of rotatable bonds is 6. The third-order valence-corrected chi connectivity index (χ3v) is 5.36. The Morgan fingerprint density at radius 1 is 1.28 bits per heavy atom. The highest BCUT2D eigenvalue weighted by Crippen LogP contribution is 2.22. The van der Waals surface area contributed by atoms with Gasteiger partial charge in [0.15, 0.2) is 0 Å². The molecule has 0 N–H and O–H groups in total. The Hall–Kier alpha value is -1.40. The molecule has 2 aliphatic heterocycles. The van der Waals surface area contributed by atoms with Crippen LogP contribution in [0.5, 0.6) is 0 Å². The molecule has 0 aromatic carbocycles. The summed E-state index contributed by atoms with van der Waals surface area (Å²) >= 11 is 0. The van der Waals surface area contributed by atoms with Crippen LogP contribution in [0.15, 0.2) is 18.5 Å². The van der Waals surface area contributed by atoms with Crippen molar-refractivity contribution in [2.24, 2.45) is 5.92 Å². The molecule has 2 saturated heterocycles. The number of hydrogen-bond donors (Lipinski definition) is 0. The Morgan fingerprint density at radius 2 is 2.12 bits per heavy atom. The van der Waals surface area contributed by atoms with E-state index in [0.29, 0.717) is 31.3 Å². The summed E-state index contributed by atoms with van der Waals surface area (Å²) in [5, 5.41) is 4.26. The molecular weight excluding hydrogens is 316 g/mol. The van der Waals surface area contributed by atoms with E-state index in [1.165, 1.54) is 13.0 Å². The van der Waals surface area contributed by atoms with Crippen LogP contribution in [0.3, 0.4) is 0 Å². The largest absolute Gasteiger partial charge is 0.374 e. The van der Waals surface area contributed by atoms with Crippen molar-refractivity contribution in [2.75, 3.05) is 39.3 Å². The number of hydrogen-bond acceptors (Lipinski definition) is 4. The molecule has 2 fully saturated rings. The van der Waals surface area contributed by atoms with Crippen molar-refractivity contribution >= 4 is 5.91 Å². The molecule has 0 radical (unpaired) electrons. The summed E-state index contributed by atoms with van der Waals surface area (Å²) in [6.07, 6.45) is 8.94. The molecule has 1 amide bonds. The van der Waals surface area contributed by atoms with Gasteiger partial charge in [0.1, 0.15) is 0 Å². The van der Waals surface area contributed by atoms with Crippen LogP contribution >= 0.6 is 0 Å². The van der Waals surface area contributed by atoms with Crippen molar-refractivity contribution < 1.29 is 9.53 Å². The first-order valence-corrected chi connectivity index (χ1v) is 9.83. The van der Waals surface area contributed by atoms with E-state index in [1.807, 2.05) is 21.8 Å². The second-order valence-electron chi connectivity index (χ2n) is 7.40. The minimum Gasteiger partial charge on any atom is -0.374 e. The number of amides is 1. The Morgan fingerprint density at radius 3 is 2.84 bits per heavy atom. The fourth-order valence-corrected chi connectivity index (χ4v) is 3.96. The smallest absolute Gasteiger partial charge is 0.222 e. The van der Waals surface area contributed by atoms with Crippen LogP contribution in [0, 0.1) is 5.92 Å². The molecule has 2 aliphatic rings.